The Hall–Kier alpha value is -2.80. The molecule has 0 saturated heterocycles. The van der Waals surface area contributed by atoms with E-state index in [9.17, 15) is 9.59 Å². The van der Waals surface area contributed by atoms with Crippen LogP contribution in [0.2, 0.25) is 0 Å². The Morgan fingerprint density at radius 3 is 2.28 bits per heavy atom. The van der Waals surface area contributed by atoms with Crippen LogP contribution >= 0.6 is 15.9 Å². The molecule has 0 aromatic heterocycles. The quantitative estimate of drug-likeness (QED) is 0.593. The maximum absolute atomic E-state index is 12.1. The molecule has 2 N–H and O–H groups in total. The number of hydrogen-bond donors (Lipinski definition) is 2. The van der Waals surface area contributed by atoms with Gasteiger partial charge in [0.2, 0.25) is 0 Å². The molecule has 0 atom stereocenters. The van der Waals surface area contributed by atoms with E-state index in [1.54, 1.807) is 24.3 Å². The van der Waals surface area contributed by atoms with Gasteiger partial charge in [0.25, 0.3) is 11.8 Å². The highest BCUT2D eigenvalue weighted by Crippen LogP contribution is 2.22. The molecule has 2 amide bonds. The van der Waals surface area contributed by atoms with E-state index in [0.717, 1.165) is 10.0 Å². The fourth-order valence-electron chi connectivity index (χ4n) is 1.95. The number of carbonyl (C=O) groups is 2. The molecule has 0 aliphatic heterocycles. The largest absolute Gasteiger partial charge is 0.497 e. The van der Waals surface area contributed by atoms with Crippen LogP contribution in [0.1, 0.15) is 15.9 Å². The van der Waals surface area contributed by atoms with Gasteiger partial charge in [-0.15, -0.1) is 0 Å². The highest BCUT2D eigenvalue weighted by atomic mass is 79.9. The number of rotatable bonds is 5. The van der Waals surface area contributed by atoms with Crippen molar-refractivity contribution in [2.75, 3.05) is 14.2 Å². The lowest BCUT2D eigenvalue weighted by molar-refractivity contribution is -0.117. The van der Waals surface area contributed by atoms with Crippen molar-refractivity contribution in [1.82, 2.24) is 10.9 Å². The Kier molecular flexibility index (Phi) is 6.59. The minimum absolute atomic E-state index is 0.299. The average molecular weight is 405 g/mol. The van der Waals surface area contributed by atoms with E-state index in [-0.39, 0.29) is 0 Å². The van der Waals surface area contributed by atoms with Crippen LogP contribution in [0.4, 0.5) is 0 Å². The zero-order chi connectivity index (χ0) is 18.2. The van der Waals surface area contributed by atoms with E-state index in [2.05, 4.69) is 26.8 Å². The zero-order valence-electron chi connectivity index (χ0n) is 13.7. The van der Waals surface area contributed by atoms with Crippen molar-refractivity contribution >= 4 is 33.8 Å². The Morgan fingerprint density at radius 2 is 1.68 bits per heavy atom. The summed E-state index contributed by atoms with van der Waals surface area (Å²) < 4.78 is 11.1. The summed E-state index contributed by atoms with van der Waals surface area (Å²) in [5.74, 6) is 0.0142. The third-order valence-corrected chi connectivity index (χ3v) is 3.68. The van der Waals surface area contributed by atoms with Gasteiger partial charge in [-0.05, 0) is 35.9 Å². The summed E-state index contributed by atoms with van der Waals surface area (Å²) in [6.07, 6.45) is 2.97. The van der Waals surface area contributed by atoms with Gasteiger partial charge < -0.3 is 9.47 Å². The number of nitrogens with one attached hydrogen (secondary N) is 2. The summed E-state index contributed by atoms with van der Waals surface area (Å²) in [7, 11) is 2.98. The summed E-state index contributed by atoms with van der Waals surface area (Å²) in [6, 6.07) is 12.2. The lowest BCUT2D eigenvalue weighted by Crippen LogP contribution is -2.40. The summed E-state index contributed by atoms with van der Waals surface area (Å²) in [5, 5.41) is 0. The molecule has 0 spiro atoms. The molecule has 0 heterocycles. The first-order valence-corrected chi connectivity index (χ1v) is 8.08. The van der Waals surface area contributed by atoms with Crippen molar-refractivity contribution < 1.29 is 19.1 Å². The number of hydrazine groups is 1. The molecule has 7 heteroatoms. The molecule has 0 bridgehead atoms. The summed E-state index contributed by atoms with van der Waals surface area (Å²) in [5.41, 5.74) is 5.81. The molecule has 0 aliphatic carbocycles. The van der Waals surface area contributed by atoms with E-state index >= 15 is 0 Å². The molecular weight excluding hydrogens is 388 g/mol. The Bertz CT molecular complexity index is 783. The average Bonchev–Trinajstić information content (AvgIpc) is 2.63. The first kappa shape index (κ1) is 18.5. The second kappa shape index (κ2) is 8.89. The molecule has 0 aliphatic rings. The first-order valence-electron chi connectivity index (χ1n) is 7.29. The van der Waals surface area contributed by atoms with E-state index in [1.807, 2.05) is 24.3 Å². The zero-order valence-corrected chi connectivity index (χ0v) is 15.3. The minimum atomic E-state index is -0.485. The van der Waals surface area contributed by atoms with Crippen molar-refractivity contribution in [2.45, 2.75) is 0 Å². The molecule has 0 fully saturated rings. The van der Waals surface area contributed by atoms with E-state index in [1.165, 1.54) is 20.3 Å². The van der Waals surface area contributed by atoms with Gasteiger partial charge in [-0.25, -0.2) is 0 Å². The number of hydrogen-bond acceptors (Lipinski definition) is 4. The molecular formula is C18H17BrN2O4. The minimum Gasteiger partial charge on any atom is -0.497 e. The summed E-state index contributed by atoms with van der Waals surface area (Å²) >= 11 is 3.36. The van der Waals surface area contributed by atoms with E-state index in [0.29, 0.717) is 17.1 Å². The molecule has 2 aromatic rings. The maximum Gasteiger partial charge on any atom is 0.269 e. The van der Waals surface area contributed by atoms with Crippen molar-refractivity contribution in [2.24, 2.45) is 0 Å². The van der Waals surface area contributed by atoms with Crippen LogP contribution < -0.4 is 20.3 Å². The standard InChI is InChI=1S/C18H17BrN2O4/c1-24-15-9-13(10-16(11-15)25-2)18(23)21-20-17(22)7-6-12-4-3-5-14(19)8-12/h3-11H,1-2H3,(H,20,22)(H,21,23)/b7-6+. The summed E-state index contributed by atoms with van der Waals surface area (Å²) in [6.45, 7) is 0. The normalized spacial score (nSPS) is 10.4. The smallest absolute Gasteiger partial charge is 0.269 e. The number of amides is 2. The van der Waals surface area contributed by atoms with Gasteiger partial charge in [0.1, 0.15) is 11.5 Å². The predicted octanol–water partition coefficient (Wildman–Crippen LogP) is 2.94. The van der Waals surface area contributed by atoms with Gasteiger partial charge in [0.05, 0.1) is 14.2 Å². The van der Waals surface area contributed by atoms with Crippen LogP contribution in [0.3, 0.4) is 0 Å². The predicted molar refractivity (Wildman–Crippen MR) is 98.3 cm³/mol. The van der Waals surface area contributed by atoms with Crippen LogP contribution in [0.5, 0.6) is 11.5 Å². The van der Waals surface area contributed by atoms with Crippen molar-refractivity contribution in [1.29, 1.82) is 0 Å². The molecule has 0 saturated carbocycles. The van der Waals surface area contributed by atoms with Crippen LogP contribution in [0.15, 0.2) is 53.0 Å². The van der Waals surface area contributed by atoms with Gasteiger partial charge in [-0.3, -0.25) is 20.4 Å². The van der Waals surface area contributed by atoms with Crippen molar-refractivity contribution in [3.63, 3.8) is 0 Å². The number of ether oxygens (including phenoxy) is 2. The molecule has 6 nitrogen and oxygen atoms in total. The molecule has 2 rings (SSSR count). The SMILES string of the molecule is COc1cc(OC)cc(C(=O)NNC(=O)/C=C/c2cccc(Br)c2)c1. The fraction of sp³-hybridized carbons (Fsp3) is 0.111. The third kappa shape index (κ3) is 5.65. The maximum atomic E-state index is 12.1. The van der Waals surface area contributed by atoms with Crippen LogP contribution in [0, 0.1) is 0 Å². The monoisotopic (exact) mass is 404 g/mol. The van der Waals surface area contributed by atoms with E-state index in [4.69, 9.17) is 9.47 Å². The fourth-order valence-corrected chi connectivity index (χ4v) is 2.37. The third-order valence-electron chi connectivity index (χ3n) is 3.19. The van der Waals surface area contributed by atoms with Gasteiger partial charge in [-0.2, -0.15) is 0 Å². The van der Waals surface area contributed by atoms with Gasteiger partial charge in [0, 0.05) is 22.2 Å². The van der Waals surface area contributed by atoms with Crippen LogP contribution in [-0.2, 0) is 4.79 Å². The topological polar surface area (TPSA) is 76.7 Å². The second-order valence-electron chi connectivity index (χ2n) is 4.93. The number of benzene rings is 2. The molecule has 25 heavy (non-hydrogen) atoms. The van der Waals surface area contributed by atoms with E-state index < -0.39 is 11.8 Å². The first-order chi connectivity index (χ1) is 12.0. The Morgan fingerprint density at radius 1 is 1.00 bits per heavy atom. The van der Waals surface area contributed by atoms with Gasteiger partial charge in [-0.1, -0.05) is 28.1 Å². The summed E-state index contributed by atoms with van der Waals surface area (Å²) in [4.78, 5) is 23.9. The molecule has 130 valence electrons. The van der Waals surface area contributed by atoms with Gasteiger partial charge in [0.15, 0.2) is 0 Å². The highest BCUT2D eigenvalue weighted by Gasteiger charge is 2.10. The molecule has 0 unspecified atom stereocenters. The highest BCUT2D eigenvalue weighted by molar-refractivity contribution is 9.10. The lowest BCUT2D eigenvalue weighted by atomic mass is 10.2. The van der Waals surface area contributed by atoms with Crippen molar-refractivity contribution in [3.8, 4) is 11.5 Å². The van der Waals surface area contributed by atoms with Crippen molar-refractivity contribution in [3.05, 3.63) is 64.1 Å². The number of carbonyl (C=O) groups excluding carboxylic acids is 2. The van der Waals surface area contributed by atoms with Gasteiger partial charge >= 0.3 is 0 Å². The van der Waals surface area contributed by atoms with Crippen LogP contribution in [-0.4, -0.2) is 26.0 Å². The lowest BCUT2D eigenvalue weighted by Gasteiger charge is -2.09. The molecule has 2 aromatic carbocycles. The number of halogens is 1. The Balaban J connectivity index is 1.96. The van der Waals surface area contributed by atoms with Crippen LogP contribution in [0.25, 0.3) is 6.08 Å². The second-order valence-corrected chi connectivity index (χ2v) is 5.85. The molecule has 0 radical (unpaired) electrons. The Labute approximate surface area is 153 Å². The number of methoxy groups -OCH3 is 2.